The van der Waals surface area contributed by atoms with E-state index in [-0.39, 0.29) is 0 Å². The van der Waals surface area contributed by atoms with E-state index in [0.29, 0.717) is 6.04 Å². The lowest BCUT2D eigenvalue weighted by Gasteiger charge is -2.20. The lowest BCUT2D eigenvalue weighted by molar-refractivity contribution is 0.396. The van der Waals surface area contributed by atoms with Gasteiger partial charge in [0.1, 0.15) is 0 Å². The van der Waals surface area contributed by atoms with Crippen LogP contribution in [0.25, 0.3) is 0 Å². The van der Waals surface area contributed by atoms with Gasteiger partial charge in [0.2, 0.25) is 0 Å². The summed E-state index contributed by atoms with van der Waals surface area (Å²) in [6.07, 6.45) is 2.91. The Bertz CT molecular complexity index is 379. The second kappa shape index (κ2) is 9.29. The summed E-state index contributed by atoms with van der Waals surface area (Å²) in [6, 6.07) is 0.299. The molecule has 0 bridgehead atoms. The number of aryl methyl sites for hydroxylation is 1. The minimum absolute atomic E-state index is 0.299. The second-order valence-electron chi connectivity index (χ2n) is 5.36. The molecule has 0 amide bonds. The maximum absolute atomic E-state index is 5.49. The lowest BCUT2D eigenvalue weighted by atomic mass is 10.2. The van der Waals surface area contributed by atoms with Gasteiger partial charge in [-0.05, 0) is 24.6 Å². The Morgan fingerprint density at radius 2 is 2.10 bits per heavy atom. The average molecular weight is 299 g/mol. The number of hydrogen-bond acceptors (Lipinski definition) is 4. The number of rotatable bonds is 10. The van der Waals surface area contributed by atoms with Gasteiger partial charge in [0.15, 0.2) is 5.75 Å². The largest absolute Gasteiger partial charge is 0.493 e. The van der Waals surface area contributed by atoms with Gasteiger partial charge in [0, 0.05) is 12.3 Å². The zero-order valence-corrected chi connectivity index (χ0v) is 14.3. The van der Waals surface area contributed by atoms with Gasteiger partial charge in [-0.3, -0.25) is 4.68 Å². The van der Waals surface area contributed by atoms with Crippen LogP contribution in [0.4, 0.5) is 0 Å². The molecule has 1 N–H and O–H groups in total. The van der Waals surface area contributed by atoms with Gasteiger partial charge in [-0.1, -0.05) is 27.7 Å². The summed E-state index contributed by atoms with van der Waals surface area (Å²) in [5, 5.41) is 8.04. The summed E-state index contributed by atoms with van der Waals surface area (Å²) in [5.74, 6) is 3.86. The number of nitrogens with zero attached hydrogens (tertiary/aromatic N) is 2. The molecule has 0 fully saturated rings. The van der Waals surface area contributed by atoms with E-state index in [9.17, 15) is 0 Å². The van der Waals surface area contributed by atoms with Crippen LogP contribution in [0.2, 0.25) is 0 Å². The molecule has 0 aliphatic carbocycles. The molecule has 1 heterocycles. The van der Waals surface area contributed by atoms with Gasteiger partial charge >= 0.3 is 0 Å². The van der Waals surface area contributed by atoms with E-state index in [0.717, 1.165) is 36.9 Å². The maximum Gasteiger partial charge on any atom is 0.161 e. The maximum atomic E-state index is 5.49. The van der Waals surface area contributed by atoms with E-state index in [1.54, 1.807) is 7.11 Å². The zero-order valence-electron chi connectivity index (χ0n) is 13.5. The molecule has 1 unspecified atom stereocenters. The number of aromatic nitrogens is 2. The highest BCUT2D eigenvalue weighted by atomic mass is 32.2. The Labute approximate surface area is 127 Å². The molecule has 1 atom stereocenters. The van der Waals surface area contributed by atoms with Gasteiger partial charge < -0.3 is 10.1 Å². The first-order valence-corrected chi connectivity index (χ1v) is 8.70. The molecule has 0 spiro atoms. The number of ether oxygens (including phenoxy) is 1. The van der Waals surface area contributed by atoms with Crippen LogP contribution in [0.1, 0.15) is 45.9 Å². The van der Waals surface area contributed by atoms with Crippen LogP contribution >= 0.6 is 11.8 Å². The normalized spacial score (nSPS) is 12.9. The van der Waals surface area contributed by atoms with E-state index in [2.05, 4.69) is 42.8 Å². The second-order valence-corrected chi connectivity index (χ2v) is 6.44. The van der Waals surface area contributed by atoms with Gasteiger partial charge in [-0.15, -0.1) is 0 Å². The van der Waals surface area contributed by atoms with Gasteiger partial charge in [0.25, 0.3) is 0 Å². The van der Waals surface area contributed by atoms with Crippen molar-refractivity contribution in [1.29, 1.82) is 0 Å². The standard InChI is InChI=1S/C15H29N3OS/c1-6-8-18-15(14(19-5)9-17-18)13(16-7-2)11-20-10-12(3)4/h9,12-13,16H,6-8,10-11H2,1-5H3. The van der Waals surface area contributed by atoms with Crippen LogP contribution in [-0.4, -0.2) is 34.9 Å². The van der Waals surface area contributed by atoms with Crippen LogP contribution in [-0.2, 0) is 6.54 Å². The molecular weight excluding hydrogens is 270 g/mol. The molecule has 0 radical (unpaired) electrons. The van der Waals surface area contributed by atoms with Crippen LogP contribution in [0.5, 0.6) is 5.75 Å². The molecule has 1 aromatic heterocycles. The number of hydrogen-bond donors (Lipinski definition) is 1. The first-order chi connectivity index (χ1) is 9.63. The van der Waals surface area contributed by atoms with Crippen LogP contribution < -0.4 is 10.1 Å². The SMILES string of the molecule is CCCn1ncc(OC)c1C(CSCC(C)C)NCC. The molecule has 5 heteroatoms. The fourth-order valence-corrected chi connectivity index (χ4v) is 3.30. The van der Waals surface area contributed by atoms with E-state index in [1.807, 2.05) is 18.0 Å². The number of nitrogens with one attached hydrogen (secondary N) is 1. The molecule has 0 aliphatic rings. The highest BCUT2D eigenvalue weighted by Gasteiger charge is 2.21. The third-order valence-electron chi connectivity index (χ3n) is 3.02. The summed E-state index contributed by atoms with van der Waals surface area (Å²) >= 11 is 1.99. The predicted molar refractivity (Wildman–Crippen MR) is 87.7 cm³/mol. The van der Waals surface area contributed by atoms with Crippen LogP contribution in [0, 0.1) is 5.92 Å². The first-order valence-electron chi connectivity index (χ1n) is 7.54. The fourth-order valence-electron chi connectivity index (χ4n) is 2.18. The number of thioether (sulfide) groups is 1. The topological polar surface area (TPSA) is 39.1 Å². The van der Waals surface area contributed by atoms with Crippen molar-refractivity contribution < 1.29 is 4.74 Å². The summed E-state index contributed by atoms with van der Waals surface area (Å²) in [7, 11) is 1.72. The summed E-state index contributed by atoms with van der Waals surface area (Å²) in [6.45, 7) is 10.7. The average Bonchev–Trinajstić information content (AvgIpc) is 2.80. The molecule has 0 saturated carbocycles. The highest BCUT2D eigenvalue weighted by Crippen LogP contribution is 2.28. The van der Waals surface area contributed by atoms with Gasteiger partial charge in [-0.25, -0.2) is 0 Å². The minimum Gasteiger partial charge on any atom is -0.493 e. The van der Waals surface area contributed by atoms with E-state index >= 15 is 0 Å². The number of methoxy groups -OCH3 is 1. The molecular formula is C15H29N3OS. The Kier molecular flexibility index (Phi) is 8.07. The highest BCUT2D eigenvalue weighted by molar-refractivity contribution is 7.99. The predicted octanol–water partition coefficient (Wildman–Crippen LogP) is 3.34. The van der Waals surface area contributed by atoms with Crippen molar-refractivity contribution in [3.63, 3.8) is 0 Å². The fraction of sp³-hybridized carbons (Fsp3) is 0.800. The Morgan fingerprint density at radius 1 is 1.35 bits per heavy atom. The van der Waals surface area contributed by atoms with Crippen molar-refractivity contribution in [2.75, 3.05) is 25.2 Å². The smallest absolute Gasteiger partial charge is 0.161 e. The molecule has 20 heavy (non-hydrogen) atoms. The zero-order chi connectivity index (χ0) is 15.0. The summed E-state index contributed by atoms with van der Waals surface area (Å²) < 4.78 is 7.58. The van der Waals surface area contributed by atoms with Crippen molar-refractivity contribution >= 4 is 11.8 Å². The van der Waals surface area contributed by atoms with E-state index in [4.69, 9.17) is 4.74 Å². The van der Waals surface area contributed by atoms with Crippen molar-refractivity contribution in [1.82, 2.24) is 15.1 Å². The molecule has 0 saturated heterocycles. The minimum atomic E-state index is 0.299. The Balaban J connectivity index is 2.85. The first kappa shape index (κ1) is 17.4. The van der Waals surface area contributed by atoms with Crippen molar-refractivity contribution in [2.24, 2.45) is 5.92 Å². The van der Waals surface area contributed by atoms with Crippen molar-refractivity contribution in [3.05, 3.63) is 11.9 Å². The molecule has 4 nitrogen and oxygen atoms in total. The third-order valence-corrected chi connectivity index (χ3v) is 4.49. The van der Waals surface area contributed by atoms with Gasteiger partial charge in [-0.2, -0.15) is 16.9 Å². The van der Waals surface area contributed by atoms with E-state index < -0.39 is 0 Å². The monoisotopic (exact) mass is 299 g/mol. The van der Waals surface area contributed by atoms with Crippen molar-refractivity contribution in [3.8, 4) is 5.75 Å². The van der Waals surface area contributed by atoms with Crippen molar-refractivity contribution in [2.45, 2.75) is 46.7 Å². The summed E-state index contributed by atoms with van der Waals surface area (Å²) in [4.78, 5) is 0. The molecule has 1 rings (SSSR count). The van der Waals surface area contributed by atoms with E-state index in [1.165, 1.54) is 11.4 Å². The molecule has 0 aromatic carbocycles. The molecule has 1 aromatic rings. The van der Waals surface area contributed by atoms with Crippen LogP contribution in [0.3, 0.4) is 0 Å². The quantitative estimate of drug-likeness (QED) is 0.719. The summed E-state index contributed by atoms with van der Waals surface area (Å²) in [5.41, 5.74) is 1.19. The van der Waals surface area contributed by atoms with Gasteiger partial charge in [0.05, 0.1) is 25.0 Å². The molecule has 0 aliphatic heterocycles. The Morgan fingerprint density at radius 3 is 2.65 bits per heavy atom. The molecule has 116 valence electrons. The lowest BCUT2D eigenvalue weighted by Crippen LogP contribution is -2.26. The van der Waals surface area contributed by atoms with Crippen LogP contribution in [0.15, 0.2) is 6.20 Å². The third kappa shape index (κ3) is 5.02. The Hall–Kier alpha value is -0.680.